The van der Waals surface area contributed by atoms with E-state index < -0.39 is 0 Å². The van der Waals surface area contributed by atoms with E-state index in [4.69, 9.17) is 11.6 Å². The molecule has 0 aliphatic carbocycles. The van der Waals surface area contributed by atoms with Crippen LogP contribution in [0.3, 0.4) is 0 Å². The van der Waals surface area contributed by atoms with Gasteiger partial charge in [0.2, 0.25) is 0 Å². The van der Waals surface area contributed by atoms with Gasteiger partial charge < -0.3 is 4.98 Å². The first-order valence-corrected chi connectivity index (χ1v) is 5.66. The Morgan fingerprint density at radius 3 is 2.25 bits per heavy atom. The lowest BCUT2D eigenvalue weighted by Gasteiger charge is -2.14. The van der Waals surface area contributed by atoms with Crippen molar-refractivity contribution in [2.45, 2.75) is 26.2 Å². The molecular weight excluding hydrogens is 220 g/mol. The number of H-pyrrole nitrogens is 1. The number of aromatic amines is 1. The smallest absolute Gasteiger partial charge is 0.111 e. The normalized spacial score (nSPS) is 11.8. The van der Waals surface area contributed by atoms with E-state index >= 15 is 0 Å². The summed E-state index contributed by atoms with van der Waals surface area (Å²) in [6, 6.07) is 7.74. The van der Waals surface area contributed by atoms with Crippen LogP contribution in [0.2, 0.25) is 5.02 Å². The summed E-state index contributed by atoms with van der Waals surface area (Å²) < 4.78 is 0. The van der Waals surface area contributed by atoms with Crippen LogP contribution in [0, 0.1) is 0 Å². The average Bonchev–Trinajstić information content (AvgIpc) is 2.67. The van der Waals surface area contributed by atoms with Crippen LogP contribution in [0.4, 0.5) is 0 Å². The first kappa shape index (κ1) is 11.2. The van der Waals surface area contributed by atoms with Gasteiger partial charge in [-0.15, -0.1) is 0 Å². The summed E-state index contributed by atoms with van der Waals surface area (Å²) in [5.74, 6) is 0.998. The Bertz CT molecular complexity index is 477. The van der Waals surface area contributed by atoms with Gasteiger partial charge >= 0.3 is 0 Å². The zero-order chi connectivity index (χ0) is 11.8. The Kier molecular flexibility index (Phi) is 2.76. The third-order valence-electron chi connectivity index (χ3n) is 2.44. The molecule has 0 aliphatic rings. The SMILES string of the molecule is CC(C)(C)c1ncc(-c2ccc(Cl)cc2)[nH]1. The van der Waals surface area contributed by atoms with Crippen LogP contribution in [0.5, 0.6) is 0 Å². The predicted molar refractivity (Wildman–Crippen MR) is 67.7 cm³/mol. The van der Waals surface area contributed by atoms with Crippen LogP contribution >= 0.6 is 11.6 Å². The highest BCUT2D eigenvalue weighted by atomic mass is 35.5. The van der Waals surface area contributed by atoms with E-state index in [0.29, 0.717) is 0 Å². The van der Waals surface area contributed by atoms with Crippen LogP contribution < -0.4 is 0 Å². The molecule has 2 nitrogen and oxygen atoms in total. The fourth-order valence-corrected chi connectivity index (χ4v) is 1.60. The van der Waals surface area contributed by atoms with E-state index in [0.717, 1.165) is 22.1 Å². The average molecular weight is 235 g/mol. The van der Waals surface area contributed by atoms with Gasteiger partial charge in [-0.05, 0) is 17.7 Å². The van der Waals surface area contributed by atoms with Crippen molar-refractivity contribution in [1.82, 2.24) is 9.97 Å². The van der Waals surface area contributed by atoms with E-state index in [-0.39, 0.29) is 5.41 Å². The monoisotopic (exact) mass is 234 g/mol. The van der Waals surface area contributed by atoms with Gasteiger partial charge in [-0.3, -0.25) is 0 Å². The quantitative estimate of drug-likeness (QED) is 0.793. The third-order valence-corrected chi connectivity index (χ3v) is 2.69. The fourth-order valence-electron chi connectivity index (χ4n) is 1.48. The van der Waals surface area contributed by atoms with Gasteiger partial charge in [0.25, 0.3) is 0 Å². The highest BCUT2D eigenvalue weighted by Crippen LogP contribution is 2.24. The summed E-state index contributed by atoms with van der Waals surface area (Å²) in [7, 11) is 0. The van der Waals surface area contributed by atoms with Gasteiger partial charge in [-0.25, -0.2) is 4.98 Å². The molecular formula is C13H15ClN2. The Labute approximate surface area is 101 Å². The Morgan fingerprint density at radius 1 is 1.12 bits per heavy atom. The zero-order valence-electron chi connectivity index (χ0n) is 9.71. The van der Waals surface area contributed by atoms with Gasteiger partial charge in [0.05, 0.1) is 11.9 Å². The molecule has 16 heavy (non-hydrogen) atoms. The summed E-state index contributed by atoms with van der Waals surface area (Å²) in [4.78, 5) is 7.73. The van der Waals surface area contributed by atoms with Crippen LogP contribution in [0.1, 0.15) is 26.6 Å². The second-order valence-corrected chi connectivity index (χ2v) is 5.34. The number of nitrogens with zero attached hydrogens (tertiary/aromatic N) is 1. The molecule has 84 valence electrons. The van der Waals surface area contributed by atoms with Crippen molar-refractivity contribution in [3.8, 4) is 11.3 Å². The van der Waals surface area contributed by atoms with Crippen molar-refractivity contribution in [3.05, 3.63) is 41.3 Å². The van der Waals surface area contributed by atoms with Gasteiger partial charge in [0.15, 0.2) is 0 Å². The second kappa shape index (κ2) is 3.95. The molecule has 0 saturated heterocycles. The van der Waals surface area contributed by atoms with Crippen LogP contribution in [0.25, 0.3) is 11.3 Å². The maximum atomic E-state index is 5.85. The molecule has 0 bridgehead atoms. The molecule has 0 radical (unpaired) electrons. The first-order chi connectivity index (χ1) is 7.47. The second-order valence-electron chi connectivity index (χ2n) is 4.90. The molecule has 0 aliphatic heterocycles. The molecule has 3 heteroatoms. The summed E-state index contributed by atoms with van der Waals surface area (Å²) in [6.07, 6.45) is 1.86. The summed E-state index contributed by atoms with van der Waals surface area (Å²) >= 11 is 5.85. The van der Waals surface area contributed by atoms with E-state index in [9.17, 15) is 0 Å². The van der Waals surface area contributed by atoms with Crippen molar-refractivity contribution >= 4 is 11.6 Å². The maximum Gasteiger partial charge on any atom is 0.111 e. The van der Waals surface area contributed by atoms with Gasteiger partial charge in [0, 0.05) is 10.4 Å². The molecule has 0 fully saturated rings. The Morgan fingerprint density at radius 2 is 1.75 bits per heavy atom. The van der Waals surface area contributed by atoms with Gasteiger partial charge in [-0.1, -0.05) is 44.5 Å². The molecule has 1 aromatic carbocycles. The minimum absolute atomic E-state index is 0.0463. The number of nitrogens with one attached hydrogen (secondary N) is 1. The number of hydrogen-bond acceptors (Lipinski definition) is 1. The predicted octanol–water partition coefficient (Wildman–Crippen LogP) is 4.03. The Hall–Kier alpha value is -1.28. The zero-order valence-corrected chi connectivity index (χ0v) is 10.5. The van der Waals surface area contributed by atoms with Gasteiger partial charge in [0.1, 0.15) is 5.82 Å². The molecule has 1 aromatic heterocycles. The number of halogens is 1. The van der Waals surface area contributed by atoms with Gasteiger partial charge in [-0.2, -0.15) is 0 Å². The van der Waals surface area contributed by atoms with E-state index in [1.807, 2.05) is 30.5 Å². The van der Waals surface area contributed by atoms with E-state index in [1.165, 1.54) is 0 Å². The van der Waals surface area contributed by atoms with Crippen molar-refractivity contribution in [2.24, 2.45) is 0 Å². The largest absolute Gasteiger partial charge is 0.342 e. The third kappa shape index (κ3) is 2.27. The Balaban J connectivity index is 2.35. The van der Waals surface area contributed by atoms with E-state index in [1.54, 1.807) is 0 Å². The number of aromatic nitrogens is 2. The molecule has 2 aromatic rings. The molecule has 0 atom stereocenters. The molecule has 0 saturated carbocycles. The fraction of sp³-hybridized carbons (Fsp3) is 0.308. The van der Waals surface area contributed by atoms with Crippen molar-refractivity contribution in [2.75, 3.05) is 0 Å². The first-order valence-electron chi connectivity index (χ1n) is 5.28. The number of hydrogen-bond donors (Lipinski definition) is 1. The summed E-state index contributed by atoms with van der Waals surface area (Å²) in [5, 5.41) is 0.749. The van der Waals surface area contributed by atoms with E-state index in [2.05, 4.69) is 30.7 Å². The summed E-state index contributed by atoms with van der Waals surface area (Å²) in [6.45, 7) is 6.41. The highest BCUT2D eigenvalue weighted by Gasteiger charge is 2.17. The highest BCUT2D eigenvalue weighted by molar-refractivity contribution is 6.30. The lowest BCUT2D eigenvalue weighted by atomic mass is 9.96. The maximum absolute atomic E-state index is 5.85. The molecule has 0 amide bonds. The van der Waals surface area contributed by atoms with Crippen LogP contribution in [0.15, 0.2) is 30.5 Å². The van der Waals surface area contributed by atoms with Crippen molar-refractivity contribution in [1.29, 1.82) is 0 Å². The molecule has 1 heterocycles. The van der Waals surface area contributed by atoms with Crippen LogP contribution in [-0.2, 0) is 5.41 Å². The number of rotatable bonds is 1. The minimum atomic E-state index is 0.0463. The standard InChI is InChI=1S/C13H15ClN2/c1-13(2,3)12-15-8-11(16-12)9-4-6-10(14)7-5-9/h4-8H,1-3H3,(H,15,16). The number of imidazole rings is 1. The molecule has 2 rings (SSSR count). The van der Waals surface area contributed by atoms with Crippen molar-refractivity contribution < 1.29 is 0 Å². The lowest BCUT2D eigenvalue weighted by Crippen LogP contribution is -2.13. The molecule has 1 N–H and O–H groups in total. The topological polar surface area (TPSA) is 28.7 Å². The lowest BCUT2D eigenvalue weighted by molar-refractivity contribution is 0.553. The molecule has 0 unspecified atom stereocenters. The molecule has 0 spiro atoms. The van der Waals surface area contributed by atoms with Crippen LogP contribution in [-0.4, -0.2) is 9.97 Å². The van der Waals surface area contributed by atoms with Crippen molar-refractivity contribution in [3.63, 3.8) is 0 Å². The number of benzene rings is 1. The summed E-state index contributed by atoms with van der Waals surface area (Å²) in [5.41, 5.74) is 2.18. The minimum Gasteiger partial charge on any atom is -0.342 e.